The fourth-order valence-corrected chi connectivity index (χ4v) is 19.0. The Morgan fingerprint density at radius 3 is 0.900 bits per heavy atom. The molecule has 0 atom stereocenters. The molecule has 6 heterocycles. The average molecular weight is 1470 g/mol. The van der Waals surface area contributed by atoms with Crippen LogP contribution in [-0.4, -0.2) is 27.1 Å². The maximum absolute atomic E-state index is 14.9. The number of sulfone groups is 1. The molecule has 0 fully saturated rings. The molecule has 2 aromatic heterocycles. The first kappa shape index (κ1) is 64.4. The van der Waals surface area contributed by atoms with Crippen molar-refractivity contribution >= 4 is 152 Å². The van der Waals surface area contributed by atoms with Gasteiger partial charge in [0.2, 0.25) is 9.84 Å². The minimum Gasteiger partial charge on any atom is -0.308 e. The molecule has 0 unspecified atom stereocenters. The van der Waals surface area contributed by atoms with Crippen molar-refractivity contribution in [2.45, 2.75) is 9.79 Å². The zero-order chi connectivity index (χ0) is 73.0. The maximum Gasteiger partial charge on any atom is 0.210 e. The van der Waals surface area contributed by atoms with Gasteiger partial charge in [-0.3, -0.25) is 0 Å². The smallest absolute Gasteiger partial charge is 0.210 e. The Kier molecular flexibility index (Phi) is 15.3. The molecule has 110 heavy (non-hydrogen) atoms. The molecule has 15 aromatic carbocycles. The van der Waals surface area contributed by atoms with Crippen molar-refractivity contribution < 1.29 is 8.42 Å². The van der Waals surface area contributed by atoms with E-state index in [2.05, 4.69) is 327 Å². The molecule has 4 aliphatic heterocycles. The molecule has 522 valence electrons. The number of benzene rings is 15. The number of anilines is 21. The predicted molar refractivity (Wildman–Crippen MR) is 449 cm³/mol. The van der Waals surface area contributed by atoms with E-state index in [9.17, 15) is 8.42 Å². The zero-order valence-corrected chi connectivity index (χ0v) is 61.1. The van der Waals surface area contributed by atoms with Crippen molar-refractivity contribution in [3.05, 3.63) is 370 Å². The molecule has 0 aliphatic carbocycles. The molecular formula is C94H61N11O2S3. The van der Waals surface area contributed by atoms with Gasteiger partial charge in [0, 0.05) is 62.1 Å². The predicted octanol–water partition coefficient (Wildman–Crippen LogP) is 26.1. The quantitative estimate of drug-likeness (QED) is 0.116. The number of hydrogen-bond donors (Lipinski definition) is 0. The number of fused-ring (bicyclic) bond motifs is 8. The van der Waals surface area contributed by atoms with E-state index in [4.69, 9.17) is 18.7 Å². The molecule has 17 aromatic rings. The second kappa shape index (κ2) is 26.2. The SMILES string of the molecule is O=S1(=O)c2ccccc2N(c2ccc(-c3nc(-c4ccc(N5c6ccccc6N(c6ccccc6)c6ccccc65)cc4)ns3)cc2)c2ccc(-c3ccc(N4c5ccccc5N(c5cccc(-c6nc(-c7cccc(N8c9ccccc9N(c9ccccc9)c9ccccc98)c7)ns6)c5)c5ccccc54)cc3)cc21. The van der Waals surface area contributed by atoms with Crippen molar-refractivity contribution in [1.29, 1.82) is 0 Å². The minimum atomic E-state index is -3.96. The molecule has 0 radical (unpaired) electrons. The number of nitrogens with zero attached hydrogens (tertiary/aromatic N) is 11. The Labute approximate surface area is 644 Å². The van der Waals surface area contributed by atoms with Gasteiger partial charge in [0.1, 0.15) is 10.0 Å². The molecule has 0 amide bonds. The fourth-order valence-electron chi connectivity index (χ4n) is 15.9. The standard InChI is InChI=1S/C94H61N11O2S3/c106-110(107)89-44-20-19-43-87(89)103(72-56-49-64(50-57-72)93-95-91(97-108-93)63-47-54-71(55-48-63)102-77-33-9-7-31-75(77)99(68-25-3-1-4-26-68)76-32-8-10-34-78(76)102)88-58-51-65(61-90(88)110)62-45-52-70(53-46-62)101-81-37-13-17-41-85(81)105(86-42-18-14-38-82(86)101)74-30-22-24-67(60-74)94-96-92(98-109-94)66-23-21-29-73(59-66)104-83-39-15-11-35-79(83)100(69-27-5-2-6-28-69)80-36-12-16-40-84(80)104/h1-61H. The van der Waals surface area contributed by atoms with E-state index in [1.54, 1.807) is 12.1 Å². The van der Waals surface area contributed by atoms with Gasteiger partial charge in [0.15, 0.2) is 11.6 Å². The summed E-state index contributed by atoms with van der Waals surface area (Å²) in [7, 11) is -3.96. The topological polar surface area (TPSA) is 108 Å². The molecule has 13 nitrogen and oxygen atoms in total. The highest BCUT2D eigenvalue weighted by Gasteiger charge is 2.38. The molecule has 16 heteroatoms. The van der Waals surface area contributed by atoms with Gasteiger partial charge in [-0.15, -0.1) is 0 Å². The van der Waals surface area contributed by atoms with Gasteiger partial charge in [-0.05, 0) is 240 Å². The number of hydrogen-bond acceptors (Lipinski definition) is 15. The Morgan fingerprint density at radius 2 is 0.482 bits per heavy atom. The van der Waals surface area contributed by atoms with Gasteiger partial charge >= 0.3 is 0 Å². The summed E-state index contributed by atoms with van der Waals surface area (Å²) >= 11 is 2.75. The second-order valence-electron chi connectivity index (χ2n) is 27.2. The molecule has 21 rings (SSSR count). The molecule has 0 spiro atoms. The third-order valence-corrected chi connectivity index (χ3v) is 24.2. The van der Waals surface area contributed by atoms with Gasteiger partial charge in [-0.1, -0.05) is 164 Å². The van der Waals surface area contributed by atoms with E-state index < -0.39 is 9.84 Å². The van der Waals surface area contributed by atoms with Gasteiger partial charge in [0.25, 0.3) is 0 Å². The largest absolute Gasteiger partial charge is 0.308 e. The van der Waals surface area contributed by atoms with Crippen molar-refractivity contribution in [1.82, 2.24) is 18.7 Å². The van der Waals surface area contributed by atoms with Crippen LogP contribution in [0.15, 0.2) is 380 Å². The van der Waals surface area contributed by atoms with E-state index in [-0.39, 0.29) is 9.79 Å². The summed E-state index contributed by atoms with van der Waals surface area (Å²) in [6, 6.07) is 127. The van der Waals surface area contributed by atoms with Crippen LogP contribution < -0.4 is 34.3 Å². The number of aromatic nitrogens is 4. The van der Waals surface area contributed by atoms with Crippen molar-refractivity contribution in [2.24, 2.45) is 0 Å². The van der Waals surface area contributed by atoms with Crippen LogP contribution in [0.25, 0.3) is 55.0 Å². The first-order valence-corrected chi connectivity index (χ1v) is 39.3. The molecule has 0 saturated heterocycles. The average Bonchev–Trinajstić information content (AvgIpc) is 0.953. The van der Waals surface area contributed by atoms with E-state index in [0.29, 0.717) is 23.0 Å². The summed E-state index contributed by atoms with van der Waals surface area (Å²) < 4.78 is 39.7. The zero-order valence-electron chi connectivity index (χ0n) is 58.7. The Morgan fingerprint density at radius 1 is 0.200 bits per heavy atom. The van der Waals surface area contributed by atoms with Gasteiger partial charge in [-0.2, -0.15) is 8.75 Å². The van der Waals surface area contributed by atoms with Crippen LogP contribution in [0.4, 0.5) is 119 Å². The normalized spacial score (nSPS) is 13.5. The lowest BCUT2D eigenvalue weighted by molar-refractivity contribution is 0.595. The number of rotatable bonds is 12. The molecule has 0 bridgehead atoms. The first-order valence-electron chi connectivity index (χ1n) is 36.3. The van der Waals surface area contributed by atoms with Gasteiger partial charge < -0.3 is 34.3 Å². The summed E-state index contributed by atoms with van der Waals surface area (Å²) in [5.74, 6) is 1.30. The van der Waals surface area contributed by atoms with E-state index in [0.717, 1.165) is 151 Å². The minimum absolute atomic E-state index is 0.229. The van der Waals surface area contributed by atoms with Crippen LogP contribution in [0.5, 0.6) is 0 Å². The summed E-state index contributed by atoms with van der Waals surface area (Å²) in [6.07, 6.45) is 0. The van der Waals surface area contributed by atoms with Gasteiger partial charge in [0.05, 0.1) is 89.4 Å². The second-order valence-corrected chi connectivity index (χ2v) is 30.6. The van der Waals surface area contributed by atoms with Crippen LogP contribution in [0, 0.1) is 0 Å². The maximum atomic E-state index is 14.9. The van der Waals surface area contributed by atoms with E-state index >= 15 is 0 Å². The van der Waals surface area contributed by atoms with Crippen molar-refractivity contribution in [2.75, 3.05) is 34.3 Å². The lowest BCUT2D eigenvalue weighted by atomic mass is 10.0. The monoisotopic (exact) mass is 1470 g/mol. The Bertz CT molecular complexity index is 6430. The molecule has 4 aliphatic rings. The van der Waals surface area contributed by atoms with Crippen LogP contribution in [-0.2, 0) is 9.84 Å². The molecule has 0 saturated carbocycles. The van der Waals surface area contributed by atoms with E-state index in [1.165, 1.54) is 23.1 Å². The van der Waals surface area contributed by atoms with Crippen LogP contribution in [0.3, 0.4) is 0 Å². The number of para-hydroxylation sites is 15. The summed E-state index contributed by atoms with van der Waals surface area (Å²) in [5.41, 5.74) is 26.1. The highest BCUT2D eigenvalue weighted by atomic mass is 32.2. The van der Waals surface area contributed by atoms with Gasteiger partial charge in [-0.25, -0.2) is 18.4 Å². The highest BCUT2D eigenvalue weighted by molar-refractivity contribution is 7.92. The van der Waals surface area contributed by atoms with Crippen LogP contribution in [0.1, 0.15) is 0 Å². The summed E-state index contributed by atoms with van der Waals surface area (Å²) in [5, 5.41) is 1.58. The Hall–Kier alpha value is -14.0. The summed E-state index contributed by atoms with van der Waals surface area (Å²) in [4.78, 5) is 26.8. The third kappa shape index (κ3) is 10.7. The highest BCUT2D eigenvalue weighted by Crippen LogP contribution is 2.59. The van der Waals surface area contributed by atoms with Crippen LogP contribution in [0.2, 0.25) is 0 Å². The molecular weight excluding hydrogens is 1410 g/mol. The first-order chi connectivity index (χ1) is 54.3. The lowest BCUT2D eigenvalue weighted by Gasteiger charge is -2.40. The fraction of sp³-hybridized carbons (Fsp3) is 0. The van der Waals surface area contributed by atoms with Crippen LogP contribution >= 0.6 is 23.1 Å². The van der Waals surface area contributed by atoms with E-state index in [1.807, 2.05) is 65.6 Å². The van der Waals surface area contributed by atoms with Crippen molar-refractivity contribution in [3.63, 3.8) is 0 Å². The Balaban J connectivity index is 0.540. The molecule has 0 N–H and O–H groups in total. The summed E-state index contributed by atoms with van der Waals surface area (Å²) in [6.45, 7) is 0. The van der Waals surface area contributed by atoms with Crippen molar-refractivity contribution in [3.8, 4) is 55.0 Å². The lowest BCUT2D eigenvalue weighted by Crippen LogP contribution is -2.23. The third-order valence-electron chi connectivity index (χ3n) is 20.9.